The number of carbonyl (C=O) groups excluding carboxylic acids is 1. The minimum Gasteiger partial charge on any atom is -0.338 e. The van der Waals surface area contributed by atoms with Crippen molar-refractivity contribution >= 4 is 5.91 Å². The van der Waals surface area contributed by atoms with Crippen LogP contribution in [0.3, 0.4) is 0 Å². The smallest absolute Gasteiger partial charge is 0.226 e. The molecule has 3 nitrogen and oxygen atoms in total. The quantitative estimate of drug-likeness (QED) is 0.575. The minimum absolute atomic E-state index is 0.0545. The molecule has 0 bridgehead atoms. The third kappa shape index (κ3) is 6.04. The zero-order valence-corrected chi connectivity index (χ0v) is 18.6. The maximum Gasteiger partial charge on any atom is 0.226 e. The highest BCUT2D eigenvalue weighted by Crippen LogP contribution is 2.17. The number of likely N-dealkylation sites (tertiary alicyclic amines) is 1. The maximum absolute atomic E-state index is 14.0. The van der Waals surface area contributed by atoms with Gasteiger partial charge in [-0.15, -0.1) is 0 Å². The summed E-state index contributed by atoms with van der Waals surface area (Å²) < 4.78 is 14.0. The lowest BCUT2D eigenvalue weighted by molar-refractivity contribution is -0.919. The number of rotatable bonds is 8. The summed E-state index contributed by atoms with van der Waals surface area (Å²) in [5.41, 5.74) is 3.18. The fourth-order valence-electron chi connectivity index (χ4n) is 4.60. The summed E-state index contributed by atoms with van der Waals surface area (Å²) in [5.74, 6) is 0.182. The van der Waals surface area contributed by atoms with Crippen molar-refractivity contribution in [2.45, 2.75) is 32.4 Å². The molecule has 166 valence electrons. The highest BCUT2D eigenvalue weighted by molar-refractivity contribution is 5.79. The molecule has 0 aliphatic carbocycles. The highest BCUT2D eigenvalue weighted by Gasteiger charge is 2.30. The molecule has 1 heterocycles. The van der Waals surface area contributed by atoms with Crippen molar-refractivity contribution in [1.82, 2.24) is 4.90 Å². The number of benzene rings is 3. The van der Waals surface area contributed by atoms with E-state index in [0.717, 1.165) is 50.0 Å². The molecule has 3 aromatic carbocycles. The third-order valence-electron chi connectivity index (χ3n) is 6.48. The Labute approximate surface area is 190 Å². The van der Waals surface area contributed by atoms with Crippen molar-refractivity contribution in [2.75, 3.05) is 19.6 Å². The van der Waals surface area contributed by atoms with Crippen LogP contribution < -0.4 is 4.90 Å². The standard InChI is InChI=1S/C28H31FN2O/c29-27-14-8-7-13-26(27)22-30-18-16-25(17-19-30)28(32)31(21-24-11-5-2-6-12-24)20-15-23-9-3-1-4-10-23/h1-14,25H,15-22H2/p+1. The molecular weight excluding hydrogens is 399 g/mol. The van der Waals surface area contributed by atoms with E-state index >= 15 is 0 Å². The van der Waals surface area contributed by atoms with Crippen LogP contribution in [0.5, 0.6) is 0 Å². The van der Waals surface area contributed by atoms with E-state index in [4.69, 9.17) is 0 Å². The lowest BCUT2D eigenvalue weighted by atomic mass is 9.94. The van der Waals surface area contributed by atoms with E-state index < -0.39 is 0 Å². The van der Waals surface area contributed by atoms with Gasteiger partial charge in [-0.3, -0.25) is 4.79 Å². The summed E-state index contributed by atoms with van der Waals surface area (Å²) >= 11 is 0. The van der Waals surface area contributed by atoms with Gasteiger partial charge in [-0.25, -0.2) is 4.39 Å². The number of amides is 1. The van der Waals surface area contributed by atoms with Crippen molar-refractivity contribution in [2.24, 2.45) is 5.92 Å². The first-order valence-electron chi connectivity index (χ1n) is 11.6. The molecule has 4 rings (SSSR count). The maximum atomic E-state index is 14.0. The first-order valence-corrected chi connectivity index (χ1v) is 11.6. The topological polar surface area (TPSA) is 24.8 Å². The van der Waals surface area contributed by atoms with Crippen LogP contribution in [0.2, 0.25) is 0 Å². The second-order valence-corrected chi connectivity index (χ2v) is 8.77. The van der Waals surface area contributed by atoms with Crippen LogP contribution in [0.25, 0.3) is 0 Å². The number of nitrogens with zero attached hydrogens (tertiary/aromatic N) is 1. The van der Waals surface area contributed by atoms with Crippen molar-refractivity contribution in [3.05, 3.63) is 107 Å². The van der Waals surface area contributed by atoms with Gasteiger partial charge in [0, 0.05) is 37.4 Å². The molecule has 32 heavy (non-hydrogen) atoms. The number of hydrogen-bond acceptors (Lipinski definition) is 1. The second kappa shape index (κ2) is 11.1. The van der Waals surface area contributed by atoms with Crippen LogP contribution in [-0.2, 0) is 24.3 Å². The van der Waals surface area contributed by atoms with Gasteiger partial charge in [0.15, 0.2) is 0 Å². The van der Waals surface area contributed by atoms with Gasteiger partial charge in [0.2, 0.25) is 5.91 Å². The molecule has 1 N–H and O–H groups in total. The number of carbonyl (C=O) groups is 1. The summed E-state index contributed by atoms with van der Waals surface area (Å²) in [7, 11) is 0. The molecule has 1 saturated heterocycles. The van der Waals surface area contributed by atoms with E-state index in [1.54, 1.807) is 6.07 Å². The van der Waals surface area contributed by atoms with Gasteiger partial charge in [0.05, 0.1) is 13.1 Å². The Bertz CT molecular complexity index is 985. The second-order valence-electron chi connectivity index (χ2n) is 8.77. The van der Waals surface area contributed by atoms with Gasteiger partial charge < -0.3 is 9.80 Å². The molecule has 3 aromatic rings. The zero-order valence-electron chi connectivity index (χ0n) is 18.6. The van der Waals surface area contributed by atoms with Crippen LogP contribution >= 0.6 is 0 Å². The van der Waals surface area contributed by atoms with Crippen LogP contribution in [-0.4, -0.2) is 30.4 Å². The van der Waals surface area contributed by atoms with Crippen molar-refractivity contribution in [3.63, 3.8) is 0 Å². The predicted molar refractivity (Wildman–Crippen MR) is 126 cm³/mol. The number of quaternary nitrogens is 1. The van der Waals surface area contributed by atoms with E-state index in [1.807, 2.05) is 53.4 Å². The first kappa shape index (κ1) is 22.2. The Balaban J connectivity index is 1.37. The van der Waals surface area contributed by atoms with Crippen molar-refractivity contribution in [3.8, 4) is 0 Å². The molecule has 4 heteroatoms. The summed E-state index contributed by atoms with van der Waals surface area (Å²) in [6, 6.07) is 27.6. The molecule has 0 unspecified atom stereocenters. The van der Waals surface area contributed by atoms with Gasteiger partial charge in [-0.2, -0.15) is 0 Å². The largest absolute Gasteiger partial charge is 0.338 e. The van der Waals surface area contributed by atoms with Gasteiger partial charge in [-0.1, -0.05) is 78.9 Å². The number of nitrogens with one attached hydrogen (secondary N) is 1. The van der Waals surface area contributed by atoms with Gasteiger partial charge >= 0.3 is 0 Å². The molecule has 1 aliphatic rings. The van der Waals surface area contributed by atoms with Crippen LogP contribution in [0.1, 0.15) is 29.5 Å². The SMILES string of the molecule is O=C(C1CC[NH+](Cc2ccccc2F)CC1)N(CCc1ccccc1)Cc1ccccc1. The lowest BCUT2D eigenvalue weighted by Crippen LogP contribution is -3.11. The summed E-state index contributed by atoms with van der Waals surface area (Å²) in [6.45, 7) is 3.87. The minimum atomic E-state index is -0.131. The molecule has 0 radical (unpaired) electrons. The predicted octanol–water partition coefficient (Wildman–Crippen LogP) is 3.89. The first-order chi connectivity index (χ1) is 15.7. The number of hydrogen-bond donors (Lipinski definition) is 1. The number of piperidine rings is 1. The normalized spacial score (nSPS) is 18.3. The molecule has 0 saturated carbocycles. The van der Waals surface area contributed by atoms with Crippen LogP contribution in [0, 0.1) is 11.7 Å². The van der Waals surface area contributed by atoms with E-state index in [-0.39, 0.29) is 17.6 Å². The Morgan fingerprint density at radius 1 is 0.844 bits per heavy atom. The molecule has 0 aromatic heterocycles. The third-order valence-corrected chi connectivity index (χ3v) is 6.48. The van der Waals surface area contributed by atoms with Crippen LogP contribution in [0.15, 0.2) is 84.9 Å². The monoisotopic (exact) mass is 431 g/mol. The van der Waals surface area contributed by atoms with Crippen molar-refractivity contribution in [1.29, 1.82) is 0 Å². The van der Waals surface area contributed by atoms with E-state index in [9.17, 15) is 9.18 Å². The molecule has 0 spiro atoms. The molecule has 0 atom stereocenters. The van der Waals surface area contributed by atoms with E-state index in [0.29, 0.717) is 13.1 Å². The molecule has 1 amide bonds. The van der Waals surface area contributed by atoms with Crippen LogP contribution in [0.4, 0.5) is 4.39 Å². The van der Waals surface area contributed by atoms with Gasteiger partial charge in [0.25, 0.3) is 0 Å². The summed E-state index contributed by atoms with van der Waals surface area (Å²) in [5, 5.41) is 0. The van der Waals surface area contributed by atoms with Gasteiger partial charge in [-0.05, 0) is 23.6 Å². The Hall–Kier alpha value is -2.98. The zero-order chi connectivity index (χ0) is 22.2. The Morgan fingerprint density at radius 3 is 2.09 bits per heavy atom. The summed E-state index contributed by atoms with van der Waals surface area (Å²) in [6.07, 6.45) is 2.58. The molecular formula is C28H32FN2O+. The van der Waals surface area contributed by atoms with Crippen molar-refractivity contribution < 1.29 is 14.1 Å². The highest BCUT2D eigenvalue weighted by atomic mass is 19.1. The van der Waals surface area contributed by atoms with E-state index in [1.165, 1.54) is 16.5 Å². The fraction of sp³-hybridized carbons (Fsp3) is 0.321. The Morgan fingerprint density at radius 2 is 1.44 bits per heavy atom. The number of halogens is 1. The molecule has 1 aliphatic heterocycles. The average Bonchev–Trinajstić information content (AvgIpc) is 2.84. The lowest BCUT2D eigenvalue weighted by Gasteiger charge is -2.32. The average molecular weight is 432 g/mol. The van der Waals surface area contributed by atoms with Gasteiger partial charge in [0.1, 0.15) is 12.4 Å². The summed E-state index contributed by atoms with van der Waals surface area (Å²) in [4.78, 5) is 16.9. The van der Waals surface area contributed by atoms with E-state index in [2.05, 4.69) is 24.3 Å². The Kier molecular flexibility index (Phi) is 7.68. The fourth-order valence-corrected chi connectivity index (χ4v) is 4.60. The molecule has 1 fully saturated rings.